The number of rotatable bonds is 4. The van der Waals surface area contributed by atoms with Gasteiger partial charge >= 0.3 is 13.9 Å². The van der Waals surface area contributed by atoms with Gasteiger partial charge in [0.2, 0.25) is 0 Å². The fraction of sp³-hybridized carbons (Fsp3) is 0.556. The number of ether oxygens (including phenoxy) is 1. The molecule has 2 unspecified atom stereocenters. The van der Waals surface area contributed by atoms with E-state index in [9.17, 15) is 4.79 Å². The summed E-state index contributed by atoms with van der Waals surface area (Å²) in [4.78, 5) is 40.3. The van der Waals surface area contributed by atoms with E-state index >= 15 is 0 Å². The van der Waals surface area contributed by atoms with E-state index in [-0.39, 0.29) is 12.3 Å². The summed E-state index contributed by atoms with van der Waals surface area (Å²) in [6, 6.07) is 1.58. The average molecular weight is 309 g/mol. The fourth-order valence-electron chi connectivity index (χ4n) is 1.85. The Balaban J connectivity index is 1.98. The zero-order valence-corrected chi connectivity index (χ0v) is 11.5. The first-order valence-corrected chi connectivity index (χ1v) is 7.51. The van der Waals surface area contributed by atoms with Crippen LogP contribution in [0.3, 0.4) is 0 Å². The zero-order chi connectivity index (χ0) is 14.0. The van der Waals surface area contributed by atoms with E-state index in [0.29, 0.717) is 17.5 Å². The zero-order valence-electron chi connectivity index (χ0n) is 9.80. The number of hydrogen-bond donors (Lipinski definition) is 4. The van der Waals surface area contributed by atoms with Crippen molar-refractivity contribution in [1.82, 2.24) is 9.55 Å². The smallest absolute Gasteiger partial charge is 0.352 e. The van der Waals surface area contributed by atoms with Crippen LogP contribution in [0.15, 0.2) is 17.1 Å². The van der Waals surface area contributed by atoms with Gasteiger partial charge in [-0.3, -0.25) is 9.55 Å². The molecule has 1 aliphatic heterocycles. The largest absolute Gasteiger partial charge is 0.567 e. The van der Waals surface area contributed by atoms with Crippen LogP contribution in [0, 0.1) is 4.64 Å². The molecule has 0 spiro atoms. The van der Waals surface area contributed by atoms with Crippen LogP contribution in [0.4, 0.5) is 0 Å². The van der Waals surface area contributed by atoms with E-state index in [2.05, 4.69) is 9.51 Å². The molecule has 1 fully saturated rings. The van der Waals surface area contributed by atoms with E-state index in [1.165, 1.54) is 10.8 Å². The van der Waals surface area contributed by atoms with E-state index in [0.717, 1.165) is 0 Å². The Bertz CT molecular complexity index is 553. The van der Waals surface area contributed by atoms with Crippen molar-refractivity contribution >= 4 is 20.4 Å². The molecule has 0 amide bonds. The van der Waals surface area contributed by atoms with Crippen LogP contribution in [0.25, 0.3) is 0 Å². The van der Waals surface area contributed by atoms with E-state index in [4.69, 9.17) is 31.6 Å². The van der Waals surface area contributed by atoms with E-state index < -0.39 is 20.5 Å². The molecule has 19 heavy (non-hydrogen) atoms. The molecule has 0 saturated carbocycles. The van der Waals surface area contributed by atoms with Gasteiger partial charge in [-0.15, -0.1) is 0 Å². The number of aromatic amines is 1. The normalized spacial score (nSPS) is 23.7. The van der Waals surface area contributed by atoms with Gasteiger partial charge in [-0.1, -0.05) is 12.2 Å². The Kier molecular flexibility index (Phi) is 4.46. The van der Waals surface area contributed by atoms with Gasteiger partial charge in [0.15, 0.2) is 0 Å². The van der Waals surface area contributed by atoms with Crippen LogP contribution in [0.5, 0.6) is 0 Å². The average Bonchev–Trinajstić information content (AvgIpc) is 2.74. The summed E-state index contributed by atoms with van der Waals surface area (Å²) in [5.41, 5.74) is -0.368. The molecular weight excluding hydrogens is 295 g/mol. The number of nitrogens with zero attached hydrogens (tertiary/aromatic N) is 1. The van der Waals surface area contributed by atoms with Gasteiger partial charge in [-0.05, 0) is 18.9 Å². The van der Waals surface area contributed by atoms with Gasteiger partial charge in [-0.25, -0.2) is 4.79 Å². The molecule has 106 valence electrons. The van der Waals surface area contributed by atoms with Crippen molar-refractivity contribution in [3.05, 3.63) is 27.4 Å². The minimum atomic E-state index is -4.24. The highest BCUT2D eigenvalue weighted by Gasteiger charge is 2.37. The molecule has 2 heterocycles. The van der Waals surface area contributed by atoms with Crippen molar-refractivity contribution in [2.45, 2.75) is 25.2 Å². The summed E-state index contributed by atoms with van der Waals surface area (Å²) in [7, 11) is -4.24. The summed E-state index contributed by atoms with van der Waals surface area (Å²) in [6.07, 6.45) is 1.82. The third-order valence-electron chi connectivity index (χ3n) is 2.68. The summed E-state index contributed by atoms with van der Waals surface area (Å²) in [5.74, 6) is 0. The molecule has 0 aromatic carbocycles. The number of hydrogen-bond acceptors (Lipinski definition) is 7. The van der Waals surface area contributed by atoms with E-state index in [1.54, 1.807) is 6.07 Å². The molecule has 1 aliphatic rings. The molecule has 0 radical (unpaired) electrons. The lowest BCUT2D eigenvalue weighted by Crippen LogP contribution is -2.27. The van der Waals surface area contributed by atoms with Crippen molar-refractivity contribution in [2.24, 2.45) is 0 Å². The second-order valence-corrected chi connectivity index (χ2v) is 5.84. The maximum atomic E-state index is 11.7. The molecule has 1 aromatic heterocycles. The van der Waals surface area contributed by atoms with Crippen molar-refractivity contribution in [3.8, 4) is 0 Å². The van der Waals surface area contributed by atoms with Crippen molar-refractivity contribution < 1.29 is 23.9 Å². The minimum absolute atomic E-state index is 0.147. The van der Waals surface area contributed by atoms with Gasteiger partial charge in [0.25, 0.3) is 0 Å². The first-order valence-electron chi connectivity index (χ1n) is 5.54. The van der Waals surface area contributed by atoms with Crippen LogP contribution >= 0.6 is 20.4 Å². The van der Waals surface area contributed by atoms with Gasteiger partial charge in [0, 0.05) is 6.20 Å². The number of aromatic nitrogens is 2. The molecule has 0 aliphatic carbocycles. The Morgan fingerprint density at radius 1 is 1.53 bits per heavy atom. The molecule has 2 atom stereocenters. The Morgan fingerprint density at radius 3 is 2.89 bits per heavy atom. The van der Waals surface area contributed by atoms with Crippen LogP contribution in [0.2, 0.25) is 0 Å². The van der Waals surface area contributed by atoms with Crippen LogP contribution in [0.1, 0.15) is 19.1 Å². The molecule has 1 saturated heterocycles. The lowest BCUT2D eigenvalue weighted by molar-refractivity contribution is -0.0271. The predicted molar refractivity (Wildman–Crippen MR) is 68.6 cm³/mol. The van der Waals surface area contributed by atoms with Crippen molar-refractivity contribution in [1.29, 1.82) is 0 Å². The number of nitrogens with one attached hydrogen (secondary N) is 1. The standard InChI is InChI=1S/C9H13N2O6PS/c12-9-10-7(19)3-4-11(9)8-2-1-6(17-8)5-16-18(13,14)15/h3-4,6,8,13-15H,1-2,5H2/p+1. The maximum absolute atomic E-state index is 11.7. The first kappa shape index (κ1) is 14.7. The summed E-state index contributed by atoms with van der Waals surface area (Å²) < 4.78 is 11.7. The van der Waals surface area contributed by atoms with Gasteiger partial charge in [-0.2, -0.15) is 19.2 Å². The molecule has 2 rings (SSSR count). The molecule has 1 aromatic rings. The third-order valence-corrected chi connectivity index (χ3v) is 3.41. The van der Waals surface area contributed by atoms with Gasteiger partial charge in [0.05, 0.1) is 6.10 Å². The SMILES string of the molecule is O=c1[nH]c(=S)ccn1C1CCC(CO[P+](O)(O)O)O1. The molecule has 4 N–H and O–H groups in total. The minimum Gasteiger partial charge on any atom is -0.352 e. The Morgan fingerprint density at radius 2 is 2.26 bits per heavy atom. The van der Waals surface area contributed by atoms with Crippen molar-refractivity contribution in [2.75, 3.05) is 6.61 Å². The Labute approximate surface area is 113 Å². The first-order chi connectivity index (χ1) is 8.85. The topological polar surface area (TPSA) is 117 Å². The van der Waals surface area contributed by atoms with Gasteiger partial charge < -0.3 is 4.74 Å². The predicted octanol–water partition coefficient (Wildman–Crippen LogP) is 0.255. The van der Waals surface area contributed by atoms with E-state index in [1.807, 2.05) is 0 Å². The highest BCUT2D eigenvalue weighted by molar-refractivity contribution is 7.71. The highest BCUT2D eigenvalue weighted by Crippen LogP contribution is 2.46. The lowest BCUT2D eigenvalue weighted by atomic mass is 10.2. The third kappa shape index (κ3) is 4.15. The second kappa shape index (κ2) is 5.76. The van der Waals surface area contributed by atoms with Crippen LogP contribution in [-0.2, 0) is 9.26 Å². The maximum Gasteiger partial charge on any atom is 0.567 e. The van der Waals surface area contributed by atoms with Crippen LogP contribution in [-0.4, -0.2) is 36.9 Å². The molecule has 8 nitrogen and oxygen atoms in total. The molecule has 10 heteroatoms. The van der Waals surface area contributed by atoms with Crippen molar-refractivity contribution in [3.63, 3.8) is 0 Å². The Hall–Kier alpha value is -0.670. The molecule has 0 bridgehead atoms. The highest BCUT2D eigenvalue weighted by atomic mass is 32.1. The monoisotopic (exact) mass is 309 g/mol. The van der Waals surface area contributed by atoms with Crippen LogP contribution < -0.4 is 5.69 Å². The lowest BCUT2D eigenvalue weighted by Gasteiger charge is -2.15. The molecular formula is C9H14N2O6PS+. The fourth-order valence-corrected chi connectivity index (χ4v) is 2.37. The second-order valence-electron chi connectivity index (χ2n) is 4.12. The summed E-state index contributed by atoms with van der Waals surface area (Å²) >= 11 is 4.83. The summed E-state index contributed by atoms with van der Waals surface area (Å²) in [5, 5.41) is 0. The van der Waals surface area contributed by atoms with Gasteiger partial charge in [0.1, 0.15) is 17.5 Å². The number of H-pyrrole nitrogens is 1. The quantitative estimate of drug-likeness (QED) is 0.465. The summed E-state index contributed by atoms with van der Waals surface area (Å²) in [6.45, 7) is -0.147.